The third-order valence-corrected chi connectivity index (χ3v) is 7.55. The summed E-state index contributed by atoms with van der Waals surface area (Å²) in [5.41, 5.74) is 1.54. The summed E-state index contributed by atoms with van der Waals surface area (Å²) >= 11 is 0. The maximum Gasteiger partial charge on any atom is 0.0819 e. The van der Waals surface area contributed by atoms with Crippen LogP contribution in [0, 0.1) is 22.7 Å². The molecule has 3 aliphatic rings. The Hall–Kier alpha value is -0.380. The molecule has 3 fully saturated rings. The van der Waals surface area contributed by atoms with E-state index in [2.05, 4.69) is 27.7 Å². The first kappa shape index (κ1) is 17.4. The van der Waals surface area contributed by atoms with Crippen molar-refractivity contribution in [2.75, 3.05) is 13.2 Å². The Morgan fingerprint density at radius 1 is 1.09 bits per heavy atom. The zero-order valence-electron chi connectivity index (χ0n) is 15.3. The van der Waals surface area contributed by atoms with Crippen LogP contribution in [0.4, 0.5) is 0 Å². The molecule has 1 heterocycles. The van der Waals surface area contributed by atoms with Crippen LogP contribution >= 0.6 is 0 Å². The van der Waals surface area contributed by atoms with E-state index in [1.54, 1.807) is 6.08 Å². The fourth-order valence-corrected chi connectivity index (χ4v) is 6.50. The lowest BCUT2D eigenvalue weighted by molar-refractivity contribution is -0.152. The van der Waals surface area contributed by atoms with Crippen LogP contribution in [-0.2, 0) is 4.74 Å². The van der Waals surface area contributed by atoms with E-state index in [1.165, 1.54) is 25.7 Å². The quantitative estimate of drug-likeness (QED) is 0.779. The molecule has 1 aliphatic heterocycles. The molecule has 0 amide bonds. The van der Waals surface area contributed by atoms with Gasteiger partial charge in [0.05, 0.1) is 24.9 Å². The summed E-state index contributed by atoms with van der Waals surface area (Å²) in [4.78, 5) is 0. The van der Waals surface area contributed by atoms with Crippen LogP contribution in [0.5, 0.6) is 0 Å². The molecule has 3 heteroatoms. The van der Waals surface area contributed by atoms with Gasteiger partial charge in [0.15, 0.2) is 0 Å². The van der Waals surface area contributed by atoms with Crippen LogP contribution in [0.25, 0.3) is 0 Å². The topological polar surface area (TPSA) is 49.7 Å². The summed E-state index contributed by atoms with van der Waals surface area (Å²) in [6.07, 6.45) is 9.03. The van der Waals surface area contributed by atoms with Crippen molar-refractivity contribution in [3.8, 4) is 0 Å². The average Bonchev–Trinajstić information content (AvgIpc) is 2.82. The molecule has 0 bridgehead atoms. The summed E-state index contributed by atoms with van der Waals surface area (Å²) < 4.78 is 6.50. The minimum Gasteiger partial charge on any atom is -0.392 e. The van der Waals surface area contributed by atoms with Gasteiger partial charge in [0.1, 0.15) is 0 Å². The number of aliphatic hydroxyl groups excluding tert-OH is 2. The second-order valence-corrected chi connectivity index (χ2v) is 9.27. The lowest BCUT2D eigenvalue weighted by Gasteiger charge is -2.60. The molecular weight excluding hydrogens is 288 g/mol. The molecule has 0 aromatic rings. The highest BCUT2D eigenvalue weighted by Crippen LogP contribution is 2.65. The number of hydrogen-bond donors (Lipinski definition) is 2. The highest BCUT2D eigenvalue weighted by atomic mass is 16.5. The molecule has 2 saturated carbocycles. The van der Waals surface area contributed by atoms with E-state index < -0.39 is 0 Å². The standard InChI is InChI=1S/C20H34O3/c1-18(2)8-5-9-19(3)16(18)6-10-20(4)17(19)12-15(23-20)14(13-22)7-11-21/h7,15-17,21-22H,5-6,8-13H2,1-4H3/b14-7-/t15-,16-,17-,19+,20-/m1/s1. The fourth-order valence-electron chi connectivity index (χ4n) is 6.50. The molecule has 0 aromatic heterocycles. The highest BCUT2D eigenvalue weighted by molar-refractivity contribution is 5.18. The van der Waals surface area contributed by atoms with Gasteiger partial charge in [0.2, 0.25) is 0 Å². The predicted molar refractivity (Wildman–Crippen MR) is 92.1 cm³/mol. The van der Waals surface area contributed by atoms with E-state index in [1.807, 2.05) is 0 Å². The minimum absolute atomic E-state index is 0.0142. The lowest BCUT2D eigenvalue weighted by Crippen LogP contribution is -2.55. The Morgan fingerprint density at radius 3 is 2.48 bits per heavy atom. The van der Waals surface area contributed by atoms with Gasteiger partial charge in [-0.2, -0.15) is 0 Å². The summed E-state index contributed by atoms with van der Waals surface area (Å²) in [6.45, 7) is 9.66. The van der Waals surface area contributed by atoms with Crippen molar-refractivity contribution < 1.29 is 14.9 Å². The molecule has 0 spiro atoms. The Labute approximate surface area is 141 Å². The van der Waals surface area contributed by atoms with Gasteiger partial charge in [0.25, 0.3) is 0 Å². The molecular formula is C20H34O3. The van der Waals surface area contributed by atoms with Crippen molar-refractivity contribution in [2.45, 2.75) is 77.9 Å². The van der Waals surface area contributed by atoms with E-state index in [0.29, 0.717) is 16.7 Å². The van der Waals surface area contributed by atoms with Gasteiger partial charge < -0.3 is 14.9 Å². The van der Waals surface area contributed by atoms with Crippen molar-refractivity contribution in [3.63, 3.8) is 0 Å². The first-order valence-corrected chi connectivity index (χ1v) is 9.35. The van der Waals surface area contributed by atoms with Crippen LogP contribution in [0.1, 0.15) is 66.2 Å². The number of rotatable bonds is 3. The van der Waals surface area contributed by atoms with E-state index in [9.17, 15) is 10.2 Å². The number of ether oxygens (including phenoxy) is 1. The van der Waals surface area contributed by atoms with E-state index in [4.69, 9.17) is 4.74 Å². The fraction of sp³-hybridized carbons (Fsp3) is 0.900. The molecule has 3 rings (SSSR count). The zero-order chi connectivity index (χ0) is 16.9. The van der Waals surface area contributed by atoms with Crippen LogP contribution < -0.4 is 0 Å². The maximum absolute atomic E-state index is 9.66. The van der Waals surface area contributed by atoms with Crippen molar-refractivity contribution in [1.82, 2.24) is 0 Å². The van der Waals surface area contributed by atoms with Crippen molar-refractivity contribution in [2.24, 2.45) is 22.7 Å². The van der Waals surface area contributed by atoms with Gasteiger partial charge in [-0.1, -0.05) is 33.3 Å². The van der Waals surface area contributed by atoms with Crippen molar-refractivity contribution >= 4 is 0 Å². The Balaban J connectivity index is 1.91. The first-order chi connectivity index (χ1) is 10.8. The highest BCUT2D eigenvalue weighted by Gasteiger charge is 2.62. The van der Waals surface area contributed by atoms with Gasteiger partial charge in [0, 0.05) is 0 Å². The predicted octanol–water partition coefficient (Wildman–Crippen LogP) is 3.69. The molecule has 1 saturated heterocycles. The molecule has 0 unspecified atom stereocenters. The average molecular weight is 322 g/mol. The summed E-state index contributed by atoms with van der Waals surface area (Å²) in [6, 6.07) is 0. The van der Waals surface area contributed by atoms with E-state index in [-0.39, 0.29) is 24.9 Å². The maximum atomic E-state index is 9.66. The second kappa shape index (κ2) is 5.86. The van der Waals surface area contributed by atoms with Gasteiger partial charge >= 0.3 is 0 Å². The second-order valence-electron chi connectivity index (χ2n) is 9.27. The SMILES string of the molecule is CC1(C)CCC[C@@]2(C)[C@@H]1CC[C@@]1(C)O[C@@H](/C(=C\CO)CO)C[C@H]21. The number of aliphatic hydroxyl groups is 2. The minimum atomic E-state index is -0.0763. The number of hydrogen-bond acceptors (Lipinski definition) is 3. The van der Waals surface area contributed by atoms with Gasteiger partial charge in [-0.25, -0.2) is 0 Å². The molecule has 132 valence electrons. The summed E-state index contributed by atoms with van der Waals surface area (Å²) in [5, 5.41) is 18.9. The number of fused-ring (bicyclic) bond motifs is 3. The normalized spacial score (nSPS) is 46.3. The van der Waals surface area contributed by atoms with Crippen molar-refractivity contribution in [1.29, 1.82) is 0 Å². The molecule has 0 aromatic carbocycles. The smallest absolute Gasteiger partial charge is 0.0819 e. The van der Waals surface area contributed by atoms with Gasteiger partial charge in [-0.3, -0.25) is 0 Å². The Kier molecular flexibility index (Phi) is 4.44. The van der Waals surface area contributed by atoms with Crippen LogP contribution in [0.2, 0.25) is 0 Å². The molecule has 0 radical (unpaired) electrons. The summed E-state index contributed by atoms with van der Waals surface area (Å²) in [7, 11) is 0. The van der Waals surface area contributed by atoms with Gasteiger partial charge in [-0.05, 0) is 67.3 Å². The third-order valence-electron chi connectivity index (χ3n) is 7.55. The largest absolute Gasteiger partial charge is 0.392 e. The van der Waals surface area contributed by atoms with E-state index in [0.717, 1.165) is 24.3 Å². The van der Waals surface area contributed by atoms with Gasteiger partial charge in [-0.15, -0.1) is 0 Å². The molecule has 2 N–H and O–H groups in total. The third kappa shape index (κ3) is 2.69. The Morgan fingerprint density at radius 2 is 1.83 bits per heavy atom. The summed E-state index contributed by atoms with van der Waals surface area (Å²) in [5.74, 6) is 1.32. The Bertz CT molecular complexity index is 483. The molecule has 3 nitrogen and oxygen atoms in total. The van der Waals surface area contributed by atoms with Crippen molar-refractivity contribution in [3.05, 3.63) is 11.6 Å². The molecule has 23 heavy (non-hydrogen) atoms. The lowest BCUT2D eigenvalue weighted by atomic mass is 9.45. The molecule has 2 aliphatic carbocycles. The monoisotopic (exact) mass is 322 g/mol. The van der Waals surface area contributed by atoms with E-state index >= 15 is 0 Å². The van der Waals surface area contributed by atoms with Crippen LogP contribution in [-0.4, -0.2) is 35.1 Å². The zero-order valence-corrected chi connectivity index (χ0v) is 15.3. The first-order valence-electron chi connectivity index (χ1n) is 9.35. The van der Waals surface area contributed by atoms with Crippen LogP contribution in [0.3, 0.4) is 0 Å². The van der Waals surface area contributed by atoms with Crippen LogP contribution in [0.15, 0.2) is 11.6 Å². The molecule has 5 atom stereocenters.